The number of ether oxygens (including phenoxy) is 1. The zero-order valence-corrected chi connectivity index (χ0v) is 22.9. The lowest BCUT2D eigenvalue weighted by Crippen LogP contribution is -2.73. The quantitative estimate of drug-likeness (QED) is 0.116. The minimum atomic E-state index is -0.0254. The van der Waals surface area contributed by atoms with E-state index in [9.17, 15) is 0 Å². The number of benzene rings is 4. The third kappa shape index (κ3) is 3.11. The highest BCUT2D eigenvalue weighted by Crippen LogP contribution is 2.76. The molecule has 5 aromatic rings. The number of hydrogen-bond acceptors (Lipinski definition) is 2. The summed E-state index contributed by atoms with van der Waals surface area (Å²) in [5.41, 5.74) is 4.05. The first-order chi connectivity index (χ1) is 19.7. The first-order valence-electron chi connectivity index (χ1n) is 14.7. The van der Waals surface area contributed by atoms with Crippen LogP contribution in [0.25, 0.3) is 32.4 Å². The van der Waals surface area contributed by atoms with Gasteiger partial charge in [0.2, 0.25) is 0 Å². The van der Waals surface area contributed by atoms with Crippen LogP contribution < -0.4 is 0 Å². The molecule has 2 aliphatic heterocycles. The van der Waals surface area contributed by atoms with Crippen LogP contribution in [0, 0.1) is 11.8 Å². The van der Waals surface area contributed by atoms with Crippen molar-refractivity contribution in [2.24, 2.45) is 11.8 Å². The minimum Gasteiger partial charge on any atom is -0.363 e. The van der Waals surface area contributed by atoms with Gasteiger partial charge in [-0.15, -0.1) is 13.2 Å². The van der Waals surface area contributed by atoms with Gasteiger partial charge in [-0.1, -0.05) is 78.9 Å². The van der Waals surface area contributed by atoms with Crippen molar-refractivity contribution < 1.29 is 9.22 Å². The average Bonchev–Trinajstić information content (AvgIpc) is 3.60. The topological polar surface area (TPSA) is 22.1 Å². The van der Waals surface area contributed by atoms with Gasteiger partial charge in [-0.05, 0) is 45.3 Å². The molecule has 3 heterocycles. The van der Waals surface area contributed by atoms with Crippen molar-refractivity contribution in [2.75, 3.05) is 13.2 Å². The number of rotatable bonds is 8. The van der Waals surface area contributed by atoms with Crippen molar-refractivity contribution in [1.29, 1.82) is 0 Å². The molecule has 6 atom stereocenters. The predicted molar refractivity (Wildman–Crippen MR) is 164 cm³/mol. The maximum Gasteiger partial charge on any atom is 0.136 e. The SMILES string of the molecule is C=CCOC(c1ccnc2ccccc12)C1CC23C(CC[N+]12Cc1c2ccccc2cc2ccccc12)[C@H]3C=C. The van der Waals surface area contributed by atoms with Crippen LogP contribution in [0.5, 0.6) is 0 Å². The molecule has 8 rings (SSSR count). The maximum absolute atomic E-state index is 6.78. The van der Waals surface area contributed by atoms with E-state index < -0.39 is 0 Å². The highest BCUT2D eigenvalue weighted by atomic mass is 16.5. The summed E-state index contributed by atoms with van der Waals surface area (Å²) in [6, 6.07) is 31.3. The van der Waals surface area contributed by atoms with Crippen LogP contribution in [0.1, 0.15) is 30.1 Å². The molecule has 2 saturated heterocycles. The Kier molecular flexibility index (Phi) is 5.32. The second-order valence-corrected chi connectivity index (χ2v) is 12.1. The summed E-state index contributed by atoms with van der Waals surface area (Å²) in [5, 5.41) is 6.61. The van der Waals surface area contributed by atoms with E-state index in [1.165, 1.54) is 57.4 Å². The van der Waals surface area contributed by atoms with Gasteiger partial charge in [0.1, 0.15) is 24.2 Å². The molecule has 5 unspecified atom stereocenters. The average molecular weight is 524 g/mol. The molecule has 4 aromatic carbocycles. The Bertz CT molecular complexity index is 1750. The molecule has 1 aliphatic carbocycles. The van der Waals surface area contributed by atoms with Crippen molar-refractivity contribution in [1.82, 2.24) is 4.98 Å². The van der Waals surface area contributed by atoms with Crippen molar-refractivity contribution in [3.8, 4) is 0 Å². The van der Waals surface area contributed by atoms with E-state index >= 15 is 0 Å². The van der Waals surface area contributed by atoms with Crippen LogP contribution in [0.2, 0.25) is 0 Å². The zero-order chi connectivity index (χ0) is 26.9. The highest BCUT2D eigenvalue weighted by molar-refractivity contribution is 6.02. The molecule has 3 heteroatoms. The number of nitrogens with zero attached hydrogens (tertiary/aromatic N) is 2. The molecule has 0 radical (unpaired) electrons. The first kappa shape index (κ1) is 24.0. The largest absolute Gasteiger partial charge is 0.363 e. The fourth-order valence-electron chi connectivity index (χ4n) is 9.09. The summed E-state index contributed by atoms with van der Waals surface area (Å²) in [6.07, 6.45) is 8.52. The Balaban J connectivity index is 1.32. The normalized spacial score (nSPS) is 29.1. The molecular formula is C37H35N2O+. The summed E-state index contributed by atoms with van der Waals surface area (Å²) in [5.74, 6) is 1.32. The van der Waals surface area contributed by atoms with Crippen LogP contribution in [0.3, 0.4) is 0 Å². The Morgan fingerprint density at radius 2 is 1.62 bits per heavy atom. The second-order valence-electron chi connectivity index (χ2n) is 12.1. The summed E-state index contributed by atoms with van der Waals surface area (Å²) >= 11 is 0. The van der Waals surface area contributed by atoms with Crippen molar-refractivity contribution in [3.05, 3.63) is 128 Å². The van der Waals surface area contributed by atoms with Gasteiger partial charge in [-0.25, -0.2) is 0 Å². The third-order valence-electron chi connectivity index (χ3n) is 10.7. The second kappa shape index (κ2) is 8.86. The number of para-hydroxylation sites is 1. The Morgan fingerprint density at radius 1 is 0.925 bits per heavy atom. The Labute approximate surface area is 236 Å². The smallest absolute Gasteiger partial charge is 0.136 e. The molecule has 1 spiro atoms. The molecule has 0 amide bonds. The van der Waals surface area contributed by atoms with Crippen LogP contribution in [-0.4, -0.2) is 34.2 Å². The van der Waals surface area contributed by atoms with Gasteiger partial charge >= 0.3 is 0 Å². The van der Waals surface area contributed by atoms with Gasteiger partial charge in [0.15, 0.2) is 0 Å². The Morgan fingerprint density at radius 3 is 2.33 bits per heavy atom. The standard InChI is InChI=1S/C37H35N2O/c1-3-21-40-36(30-17-19-38-34-16-10-9-15-29(30)34)35-23-37-32(4-2)33(37)18-20-39(35,37)24-31-27-13-7-5-11-25(27)22-26-12-6-8-14-28(26)31/h3-17,19,22,32-33,35-36H,1-2,18,20-21,23-24H2/q+1/t32-,33?,35?,36?,37?,39?/m1/s1. The lowest BCUT2D eigenvalue weighted by Gasteiger charge is -2.60. The van der Waals surface area contributed by atoms with Crippen molar-refractivity contribution in [3.63, 3.8) is 0 Å². The first-order valence-corrected chi connectivity index (χ1v) is 14.7. The summed E-state index contributed by atoms with van der Waals surface area (Å²) < 4.78 is 7.87. The third-order valence-corrected chi connectivity index (χ3v) is 10.7. The number of fused-ring (bicyclic) bond motifs is 3. The van der Waals surface area contributed by atoms with Gasteiger partial charge in [-0.3, -0.25) is 4.98 Å². The number of piperidine rings is 1. The molecule has 198 valence electrons. The predicted octanol–water partition coefficient (Wildman–Crippen LogP) is 8.15. The number of quaternary nitrogens is 1. The van der Waals surface area contributed by atoms with E-state index in [-0.39, 0.29) is 11.6 Å². The number of pyridine rings is 1. The highest BCUT2D eigenvalue weighted by Gasteiger charge is 2.87. The summed E-state index contributed by atoms with van der Waals surface area (Å²) in [6.45, 7) is 11.1. The van der Waals surface area contributed by atoms with Gasteiger partial charge in [0.05, 0.1) is 25.1 Å². The van der Waals surface area contributed by atoms with Crippen molar-refractivity contribution in [2.45, 2.75) is 37.1 Å². The molecule has 1 saturated carbocycles. The summed E-state index contributed by atoms with van der Waals surface area (Å²) in [4.78, 5) is 4.68. The van der Waals surface area contributed by atoms with E-state index in [0.717, 1.165) is 22.5 Å². The van der Waals surface area contributed by atoms with E-state index in [4.69, 9.17) is 4.74 Å². The molecule has 3 nitrogen and oxygen atoms in total. The molecule has 40 heavy (non-hydrogen) atoms. The lowest BCUT2D eigenvalue weighted by molar-refractivity contribution is -1.03. The minimum absolute atomic E-state index is 0.0254. The number of hydrogen-bond donors (Lipinski definition) is 0. The van der Waals surface area contributed by atoms with Gasteiger partial charge < -0.3 is 9.22 Å². The van der Waals surface area contributed by atoms with E-state index in [1.54, 1.807) is 0 Å². The van der Waals surface area contributed by atoms with Crippen LogP contribution in [0.4, 0.5) is 0 Å². The monoisotopic (exact) mass is 523 g/mol. The van der Waals surface area contributed by atoms with Crippen molar-refractivity contribution >= 4 is 32.4 Å². The molecular weight excluding hydrogens is 488 g/mol. The van der Waals surface area contributed by atoms with Gasteiger partial charge in [-0.2, -0.15) is 0 Å². The van der Waals surface area contributed by atoms with Gasteiger partial charge in [0, 0.05) is 35.4 Å². The van der Waals surface area contributed by atoms with Gasteiger partial charge in [0.25, 0.3) is 0 Å². The Hall–Kier alpha value is -3.79. The molecule has 3 fully saturated rings. The lowest BCUT2D eigenvalue weighted by atomic mass is 9.77. The zero-order valence-electron chi connectivity index (χ0n) is 22.9. The van der Waals surface area contributed by atoms with E-state index in [0.29, 0.717) is 18.6 Å². The van der Waals surface area contributed by atoms with Crippen LogP contribution in [0.15, 0.2) is 116 Å². The molecule has 3 aliphatic rings. The maximum atomic E-state index is 6.78. The molecule has 1 aromatic heterocycles. The van der Waals surface area contributed by atoms with E-state index in [1.807, 2.05) is 12.3 Å². The van der Waals surface area contributed by atoms with Crippen LogP contribution >= 0.6 is 0 Å². The number of aromatic nitrogens is 1. The molecule has 0 N–H and O–H groups in total. The fourth-order valence-corrected chi connectivity index (χ4v) is 9.09. The fraction of sp³-hybridized carbons (Fsp3) is 0.270. The van der Waals surface area contributed by atoms with E-state index in [2.05, 4.69) is 109 Å². The summed E-state index contributed by atoms with van der Waals surface area (Å²) in [7, 11) is 0. The van der Waals surface area contributed by atoms with Crippen LogP contribution in [-0.2, 0) is 11.3 Å². The molecule has 0 bridgehead atoms.